The van der Waals surface area contributed by atoms with Crippen molar-refractivity contribution in [1.82, 2.24) is 14.9 Å². The molecule has 0 saturated carbocycles. The predicted octanol–water partition coefficient (Wildman–Crippen LogP) is 2.43. The van der Waals surface area contributed by atoms with Crippen molar-refractivity contribution in [1.29, 1.82) is 0 Å². The van der Waals surface area contributed by atoms with Gasteiger partial charge in [0.2, 0.25) is 5.16 Å². The summed E-state index contributed by atoms with van der Waals surface area (Å²) in [5.41, 5.74) is 5.18. The van der Waals surface area contributed by atoms with Crippen molar-refractivity contribution in [2.75, 3.05) is 0 Å². The number of nitrogens with zero attached hydrogens (tertiary/aromatic N) is 4. The molecule has 4 nitrogen and oxygen atoms in total. The molecular weight excluding hydrogens is 256 g/mol. The smallest absolute Gasteiger partial charge is 0.191 e. The van der Waals surface area contributed by atoms with E-state index in [1.54, 1.807) is 11.8 Å². The van der Waals surface area contributed by atoms with E-state index in [0.717, 1.165) is 23.8 Å². The zero-order valence-corrected chi connectivity index (χ0v) is 11.7. The molecule has 4 rings (SSSR count). The minimum Gasteiger partial charge on any atom is -0.191 e. The topological polar surface area (TPSA) is 43.1 Å². The number of rotatable bonds is 1. The van der Waals surface area contributed by atoms with Crippen LogP contribution in [0.4, 0.5) is 0 Å². The van der Waals surface area contributed by atoms with Gasteiger partial charge in [-0.1, -0.05) is 36.4 Å². The van der Waals surface area contributed by atoms with E-state index in [9.17, 15) is 0 Å². The fraction of sp³-hybridized carbons (Fsp3) is 0.357. The quantitative estimate of drug-likeness (QED) is 0.799. The molecule has 1 aliphatic heterocycles. The number of hydrogen-bond acceptors (Lipinski definition) is 4. The van der Waals surface area contributed by atoms with Gasteiger partial charge in [0.05, 0.1) is 11.0 Å². The molecule has 0 radical (unpaired) electrons. The van der Waals surface area contributed by atoms with Gasteiger partial charge >= 0.3 is 0 Å². The first kappa shape index (κ1) is 11.2. The normalized spacial score (nSPS) is 19.7. The van der Waals surface area contributed by atoms with Gasteiger partial charge in [0.25, 0.3) is 0 Å². The highest BCUT2D eigenvalue weighted by Gasteiger charge is 2.34. The molecule has 96 valence electrons. The summed E-state index contributed by atoms with van der Waals surface area (Å²) in [6.45, 7) is 4.22. The Morgan fingerprint density at radius 3 is 3.11 bits per heavy atom. The maximum Gasteiger partial charge on any atom is 0.212 e. The summed E-state index contributed by atoms with van der Waals surface area (Å²) >= 11 is 1.78. The molecule has 0 N–H and O–H groups in total. The highest BCUT2D eigenvalue weighted by atomic mass is 32.2. The average molecular weight is 270 g/mol. The third-order valence-corrected chi connectivity index (χ3v) is 4.84. The molecule has 5 heteroatoms. The molecular formula is C14H14N4S. The standard InChI is InChI=1S/C14H14N4S/c1-3-12-15-16-14-18(12)17-13-10-6-8(2)4-5-9(10)7-11(13)19-14/h4-6,11H,3,7H2,1-2H3. The van der Waals surface area contributed by atoms with E-state index in [1.165, 1.54) is 22.4 Å². The van der Waals surface area contributed by atoms with Crippen LogP contribution < -0.4 is 0 Å². The number of aromatic nitrogens is 3. The molecule has 1 aromatic heterocycles. The first-order valence-electron chi connectivity index (χ1n) is 6.56. The van der Waals surface area contributed by atoms with Crippen LogP contribution in [-0.4, -0.2) is 25.8 Å². The lowest BCUT2D eigenvalue weighted by Gasteiger charge is -2.16. The molecule has 0 spiro atoms. The van der Waals surface area contributed by atoms with Crippen molar-refractivity contribution >= 4 is 17.5 Å². The van der Waals surface area contributed by atoms with Gasteiger partial charge in [-0.2, -0.15) is 9.78 Å². The molecule has 0 bridgehead atoms. The number of thioether (sulfide) groups is 1. The molecule has 2 heterocycles. The van der Waals surface area contributed by atoms with E-state index in [0.29, 0.717) is 5.25 Å². The SMILES string of the molecule is CCc1nnc2n1N=C1c3cc(C)ccc3CC1S2. The van der Waals surface area contributed by atoms with Crippen LogP contribution in [0.2, 0.25) is 0 Å². The van der Waals surface area contributed by atoms with Gasteiger partial charge in [-0.25, -0.2) is 0 Å². The summed E-state index contributed by atoms with van der Waals surface area (Å²) < 4.78 is 1.91. The predicted molar refractivity (Wildman–Crippen MR) is 75.9 cm³/mol. The molecule has 2 aromatic rings. The second kappa shape index (κ2) is 3.93. The van der Waals surface area contributed by atoms with E-state index in [1.807, 2.05) is 4.68 Å². The van der Waals surface area contributed by atoms with Crippen molar-refractivity contribution < 1.29 is 0 Å². The lowest BCUT2D eigenvalue weighted by molar-refractivity contribution is 0.708. The van der Waals surface area contributed by atoms with E-state index < -0.39 is 0 Å². The van der Waals surface area contributed by atoms with Gasteiger partial charge in [0.1, 0.15) is 0 Å². The Bertz CT molecular complexity index is 701. The van der Waals surface area contributed by atoms with Crippen LogP contribution in [0, 0.1) is 6.92 Å². The van der Waals surface area contributed by atoms with Crippen LogP contribution in [0.25, 0.3) is 0 Å². The minimum atomic E-state index is 0.401. The maximum atomic E-state index is 4.81. The number of aryl methyl sites for hydroxylation is 2. The van der Waals surface area contributed by atoms with Gasteiger partial charge in [-0.15, -0.1) is 10.2 Å². The summed E-state index contributed by atoms with van der Waals surface area (Å²) in [6, 6.07) is 6.66. The van der Waals surface area contributed by atoms with E-state index in [4.69, 9.17) is 5.10 Å². The summed E-state index contributed by atoms with van der Waals surface area (Å²) in [4.78, 5) is 0. The molecule has 1 aliphatic carbocycles. The fourth-order valence-corrected chi connectivity index (χ4v) is 3.85. The first-order chi connectivity index (χ1) is 9.26. The maximum absolute atomic E-state index is 4.81. The Morgan fingerprint density at radius 1 is 1.37 bits per heavy atom. The van der Waals surface area contributed by atoms with Gasteiger partial charge in [-0.05, 0) is 25.0 Å². The third-order valence-electron chi connectivity index (χ3n) is 3.70. The molecule has 1 unspecified atom stereocenters. The Labute approximate surface area is 115 Å². The summed E-state index contributed by atoms with van der Waals surface area (Å²) in [5.74, 6) is 0.939. The Balaban J connectivity index is 1.89. The molecule has 0 saturated heterocycles. The second-order valence-corrected chi connectivity index (χ2v) is 6.19. The molecule has 1 aromatic carbocycles. The fourth-order valence-electron chi connectivity index (χ4n) is 2.72. The molecule has 2 aliphatic rings. The van der Waals surface area contributed by atoms with Gasteiger partial charge in [0.15, 0.2) is 5.82 Å². The first-order valence-corrected chi connectivity index (χ1v) is 7.44. The average Bonchev–Trinajstić information content (AvgIpc) is 2.96. The van der Waals surface area contributed by atoms with Crippen molar-refractivity contribution in [3.8, 4) is 0 Å². The molecule has 0 fully saturated rings. The van der Waals surface area contributed by atoms with E-state index in [2.05, 4.69) is 42.2 Å². The lowest BCUT2D eigenvalue weighted by Crippen LogP contribution is -2.20. The molecule has 19 heavy (non-hydrogen) atoms. The van der Waals surface area contributed by atoms with Crippen molar-refractivity contribution in [2.24, 2.45) is 5.10 Å². The van der Waals surface area contributed by atoms with Crippen LogP contribution in [0.3, 0.4) is 0 Å². The number of hydrogen-bond donors (Lipinski definition) is 0. The molecule has 0 amide bonds. The Morgan fingerprint density at radius 2 is 2.26 bits per heavy atom. The highest BCUT2D eigenvalue weighted by molar-refractivity contribution is 8.00. The Hall–Kier alpha value is -1.62. The number of fused-ring (bicyclic) bond motifs is 4. The van der Waals surface area contributed by atoms with E-state index >= 15 is 0 Å². The summed E-state index contributed by atoms with van der Waals surface area (Å²) in [5, 5.41) is 14.6. The second-order valence-electron chi connectivity index (χ2n) is 5.02. The largest absolute Gasteiger partial charge is 0.212 e. The monoisotopic (exact) mass is 270 g/mol. The van der Waals surface area contributed by atoms with Crippen molar-refractivity contribution in [3.05, 3.63) is 40.7 Å². The van der Waals surface area contributed by atoms with Crippen LogP contribution in [0.15, 0.2) is 28.5 Å². The van der Waals surface area contributed by atoms with Crippen LogP contribution in [-0.2, 0) is 12.8 Å². The van der Waals surface area contributed by atoms with Crippen molar-refractivity contribution in [2.45, 2.75) is 37.1 Å². The number of benzene rings is 1. The van der Waals surface area contributed by atoms with Gasteiger partial charge in [0, 0.05) is 12.0 Å². The Kier molecular flexibility index (Phi) is 2.33. The third kappa shape index (κ3) is 1.57. The van der Waals surface area contributed by atoms with Crippen molar-refractivity contribution in [3.63, 3.8) is 0 Å². The van der Waals surface area contributed by atoms with Gasteiger partial charge < -0.3 is 0 Å². The van der Waals surface area contributed by atoms with Gasteiger partial charge in [-0.3, -0.25) is 0 Å². The minimum absolute atomic E-state index is 0.401. The summed E-state index contributed by atoms with van der Waals surface area (Å²) in [7, 11) is 0. The summed E-state index contributed by atoms with van der Waals surface area (Å²) in [6.07, 6.45) is 1.91. The zero-order valence-electron chi connectivity index (χ0n) is 10.9. The van der Waals surface area contributed by atoms with Crippen LogP contribution in [0.1, 0.15) is 29.4 Å². The lowest BCUT2D eigenvalue weighted by atomic mass is 10.1. The highest BCUT2D eigenvalue weighted by Crippen LogP contribution is 2.38. The molecule has 1 atom stereocenters. The van der Waals surface area contributed by atoms with E-state index in [-0.39, 0.29) is 0 Å². The zero-order chi connectivity index (χ0) is 13.0. The van der Waals surface area contributed by atoms with Crippen LogP contribution >= 0.6 is 11.8 Å². The van der Waals surface area contributed by atoms with Crippen LogP contribution in [0.5, 0.6) is 0 Å².